The highest BCUT2D eigenvalue weighted by Gasteiger charge is 2.32. The summed E-state index contributed by atoms with van der Waals surface area (Å²) in [6, 6.07) is 0. The minimum Gasteiger partial charge on any atom is -0.456 e. The average Bonchev–Trinajstić information content (AvgIpc) is 2.32. The topological polar surface area (TPSA) is 26.3 Å². The third-order valence-corrected chi connectivity index (χ3v) is 3.73. The Bertz CT molecular complexity index is 279. The van der Waals surface area contributed by atoms with E-state index in [-0.39, 0.29) is 5.97 Å². The molecule has 0 aromatic carbocycles. The Morgan fingerprint density at radius 3 is 2.21 bits per heavy atom. The van der Waals surface area contributed by atoms with E-state index in [0.29, 0.717) is 11.5 Å². The van der Waals surface area contributed by atoms with Gasteiger partial charge in [-0.25, -0.2) is 4.79 Å². The number of carbonyl (C=O) groups is 1. The molecule has 1 unspecified atom stereocenters. The maximum absolute atomic E-state index is 11.7. The Labute approximate surface area is 119 Å². The van der Waals surface area contributed by atoms with Gasteiger partial charge in [0.05, 0.1) is 0 Å². The van der Waals surface area contributed by atoms with Crippen molar-refractivity contribution < 1.29 is 9.53 Å². The maximum atomic E-state index is 11.7. The molecule has 2 nitrogen and oxygen atoms in total. The highest BCUT2D eigenvalue weighted by Crippen LogP contribution is 2.31. The van der Waals surface area contributed by atoms with E-state index >= 15 is 0 Å². The largest absolute Gasteiger partial charge is 0.456 e. The van der Waals surface area contributed by atoms with Gasteiger partial charge < -0.3 is 4.74 Å². The van der Waals surface area contributed by atoms with E-state index in [1.165, 1.54) is 25.7 Å². The molecule has 0 bridgehead atoms. The van der Waals surface area contributed by atoms with Gasteiger partial charge in [0.15, 0.2) is 0 Å². The molecular weight excluding hydrogens is 236 g/mol. The lowest BCUT2D eigenvalue weighted by Gasteiger charge is -2.34. The van der Waals surface area contributed by atoms with Crippen molar-refractivity contribution in [2.45, 2.75) is 85.2 Å². The summed E-state index contributed by atoms with van der Waals surface area (Å²) in [6.07, 6.45) is 8.45. The lowest BCUT2D eigenvalue weighted by molar-refractivity contribution is -0.157. The molecular formula is C17H32O2. The molecule has 0 rings (SSSR count). The number of rotatable bonds is 10. The smallest absolute Gasteiger partial charge is 0.333 e. The Morgan fingerprint density at radius 1 is 1.11 bits per heavy atom. The zero-order valence-corrected chi connectivity index (χ0v) is 13.6. The number of hydrogen-bond acceptors (Lipinski definition) is 2. The molecule has 0 amide bonds. The van der Waals surface area contributed by atoms with E-state index in [4.69, 9.17) is 4.74 Å². The van der Waals surface area contributed by atoms with Crippen molar-refractivity contribution in [2.24, 2.45) is 5.92 Å². The molecule has 1 atom stereocenters. The van der Waals surface area contributed by atoms with Gasteiger partial charge in [-0.2, -0.15) is 0 Å². The van der Waals surface area contributed by atoms with E-state index in [1.807, 2.05) is 13.8 Å². The van der Waals surface area contributed by atoms with Crippen LogP contribution >= 0.6 is 0 Å². The second-order valence-corrected chi connectivity index (χ2v) is 6.11. The highest BCUT2D eigenvalue weighted by atomic mass is 16.6. The summed E-state index contributed by atoms with van der Waals surface area (Å²) in [5.41, 5.74) is 0.0902. The van der Waals surface area contributed by atoms with Gasteiger partial charge in [0.1, 0.15) is 5.60 Å². The summed E-state index contributed by atoms with van der Waals surface area (Å²) in [7, 11) is 0. The average molecular weight is 268 g/mol. The number of ether oxygens (including phenoxy) is 1. The molecule has 0 fully saturated rings. The molecule has 0 spiro atoms. The molecule has 0 aliphatic heterocycles. The zero-order valence-electron chi connectivity index (χ0n) is 13.6. The van der Waals surface area contributed by atoms with Crippen molar-refractivity contribution in [1.29, 1.82) is 0 Å². The molecule has 0 saturated heterocycles. The number of carbonyl (C=O) groups excluding carboxylic acids is 1. The molecule has 0 radical (unpaired) electrons. The Morgan fingerprint density at radius 2 is 1.74 bits per heavy atom. The monoisotopic (exact) mass is 268 g/mol. The lowest BCUT2D eigenvalue weighted by atomic mass is 9.82. The minimum atomic E-state index is -0.391. The Hall–Kier alpha value is -0.790. The first-order chi connectivity index (χ1) is 8.85. The van der Waals surface area contributed by atoms with Gasteiger partial charge in [0.2, 0.25) is 0 Å². The minimum absolute atomic E-state index is 0.264. The van der Waals surface area contributed by atoms with Crippen LogP contribution in [0.15, 0.2) is 12.2 Å². The first-order valence-electron chi connectivity index (χ1n) is 7.74. The number of hydrogen-bond donors (Lipinski definition) is 0. The first-order valence-corrected chi connectivity index (χ1v) is 7.74. The zero-order chi connectivity index (χ0) is 14.9. The fraction of sp³-hybridized carbons (Fsp3) is 0.824. The molecule has 0 aliphatic carbocycles. The number of esters is 1. The van der Waals surface area contributed by atoms with Gasteiger partial charge in [-0.1, -0.05) is 52.5 Å². The Kier molecular flexibility index (Phi) is 8.79. The highest BCUT2D eigenvalue weighted by molar-refractivity contribution is 5.87. The molecule has 2 heteroatoms. The van der Waals surface area contributed by atoms with Crippen LogP contribution in [0, 0.1) is 5.92 Å². The first kappa shape index (κ1) is 18.2. The van der Waals surface area contributed by atoms with E-state index < -0.39 is 5.60 Å². The molecule has 0 aromatic heterocycles. The second-order valence-electron chi connectivity index (χ2n) is 6.11. The van der Waals surface area contributed by atoms with Gasteiger partial charge >= 0.3 is 5.97 Å². The molecule has 0 N–H and O–H groups in total. The summed E-state index contributed by atoms with van der Waals surface area (Å²) in [5, 5.41) is 0. The standard InChI is InChI=1S/C17H32O2/c1-7-9-10-11-13-15(12-8-2)17(5,6)19-16(18)14(3)4/h15H,3,7-13H2,1-2,4-6H3. The molecule has 0 heterocycles. The molecule has 0 saturated carbocycles. The van der Waals surface area contributed by atoms with Gasteiger partial charge in [-0.15, -0.1) is 0 Å². The van der Waals surface area contributed by atoms with Crippen LogP contribution in [-0.2, 0) is 9.53 Å². The molecule has 19 heavy (non-hydrogen) atoms. The summed E-state index contributed by atoms with van der Waals surface area (Å²) in [4.78, 5) is 11.7. The van der Waals surface area contributed by atoms with Crippen LogP contribution in [0.5, 0.6) is 0 Å². The molecule has 0 aliphatic rings. The third-order valence-electron chi connectivity index (χ3n) is 3.73. The van der Waals surface area contributed by atoms with Gasteiger partial charge in [0.25, 0.3) is 0 Å². The fourth-order valence-corrected chi connectivity index (χ4v) is 2.41. The quantitative estimate of drug-likeness (QED) is 0.306. The van der Waals surface area contributed by atoms with Crippen LogP contribution in [0.2, 0.25) is 0 Å². The fourth-order valence-electron chi connectivity index (χ4n) is 2.41. The lowest BCUT2D eigenvalue weighted by Crippen LogP contribution is -2.37. The van der Waals surface area contributed by atoms with Crippen LogP contribution in [0.4, 0.5) is 0 Å². The number of unbranched alkanes of at least 4 members (excludes halogenated alkanes) is 3. The third kappa shape index (κ3) is 7.39. The van der Waals surface area contributed by atoms with Crippen molar-refractivity contribution in [2.75, 3.05) is 0 Å². The van der Waals surface area contributed by atoms with Crippen LogP contribution < -0.4 is 0 Å². The summed E-state index contributed by atoms with van der Waals surface area (Å²) < 4.78 is 5.63. The summed E-state index contributed by atoms with van der Waals surface area (Å²) >= 11 is 0. The molecule has 112 valence electrons. The van der Waals surface area contributed by atoms with Gasteiger partial charge in [-0.05, 0) is 39.5 Å². The van der Waals surface area contributed by atoms with Crippen molar-refractivity contribution in [3.8, 4) is 0 Å². The van der Waals surface area contributed by atoms with Gasteiger partial charge in [-0.3, -0.25) is 0 Å². The van der Waals surface area contributed by atoms with Crippen molar-refractivity contribution in [3.63, 3.8) is 0 Å². The van der Waals surface area contributed by atoms with Crippen molar-refractivity contribution in [3.05, 3.63) is 12.2 Å². The van der Waals surface area contributed by atoms with Crippen LogP contribution in [0.3, 0.4) is 0 Å². The Balaban J connectivity index is 4.46. The van der Waals surface area contributed by atoms with E-state index in [1.54, 1.807) is 6.92 Å². The van der Waals surface area contributed by atoms with E-state index in [0.717, 1.165) is 19.3 Å². The predicted molar refractivity (Wildman–Crippen MR) is 82.1 cm³/mol. The van der Waals surface area contributed by atoms with Crippen LogP contribution in [0.1, 0.15) is 79.6 Å². The van der Waals surface area contributed by atoms with Crippen LogP contribution in [-0.4, -0.2) is 11.6 Å². The van der Waals surface area contributed by atoms with E-state index in [9.17, 15) is 4.79 Å². The molecule has 0 aromatic rings. The maximum Gasteiger partial charge on any atom is 0.333 e. The van der Waals surface area contributed by atoms with Gasteiger partial charge in [0, 0.05) is 5.57 Å². The van der Waals surface area contributed by atoms with Crippen molar-refractivity contribution in [1.82, 2.24) is 0 Å². The van der Waals surface area contributed by atoms with E-state index in [2.05, 4.69) is 20.4 Å². The summed E-state index contributed by atoms with van der Waals surface area (Å²) in [6.45, 7) is 13.8. The van der Waals surface area contributed by atoms with Crippen molar-refractivity contribution >= 4 is 5.97 Å². The normalized spacial score (nSPS) is 13.1. The van der Waals surface area contributed by atoms with Crippen LogP contribution in [0.25, 0.3) is 0 Å². The second kappa shape index (κ2) is 9.17. The summed E-state index contributed by atoms with van der Waals surface area (Å²) in [5.74, 6) is 0.178. The predicted octanol–water partition coefficient (Wildman–Crippen LogP) is 5.27. The SMILES string of the molecule is C=C(C)C(=O)OC(C)(C)C(CCC)CCCCCC.